The fraction of sp³-hybridized carbons (Fsp3) is 0.704. The van der Waals surface area contributed by atoms with Crippen LogP contribution < -0.4 is 10.6 Å². The molecule has 208 valence electrons. The molecule has 0 spiro atoms. The minimum absolute atomic E-state index is 0. The number of fused-ring (bicyclic) bond motifs is 1. The number of hydrogen-bond acceptors (Lipinski definition) is 7. The summed E-state index contributed by atoms with van der Waals surface area (Å²) in [7, 11) is 2.70. The second-order valence-corrected chi connectivity index (χ2v) is 10.2. The van der Waals surface area contributed by atoms with Crippen molar-refractivity contribution in [3.8, 4) is 0 Å². The van der Waals surface area contributed by atoms with Crippen molar-refractivity contribution < 1.29 is 23.9 Å². The van der Waals surface area contributed by atoms with Crippen LogP contribution in [-0.2, 0) is 31.9 Å². The number of carbonyl (C=O) groups is 3. The summed E-state index contributed by atoms with van der Waals surface area (Å²) in [5.74, 6) is 0.484. The number of esters is 1. The standard InChI is InChI=1S/C27H42N4O5.ClH/c1-27(15-18-31(19-16-27)26(34)36-3)25(33)30-22(24(32)35-2)12-8-6-4-5-7-11-21-14-13-20-10-9-17-28-23(20)29-21;/h13-14,22H,4-12,15-19H2,1-3H3,(H,28,29)(H,30,33);1H/t22-;/m0./s1. The summed E-state index contributed by atoms with van der Waals surface area (Å²) in [4.78, 5) is 43.4. The highest BCUT2D eigenvalue weighted by atomic mass is 35.5. The third-order valence-corrected chi connectivity index (χ3v) is 7.52. The van der Waals surface area contributed by atoms with E-state index in [0.717, 1.165) is 63.0 Å². The Hall–Kier alpha value is -2.55. The lowest BCUT2D eigenvalue weighted by molar-refractivity contribution is -0.147. The zero-order valence-corrected chi connectivity index (χ0v) is 23.3. The van der Waals surface area contributed by atoms with Gasteiger partial charge in [0.15, 0.2) is 0 Å². The van der Waals surface area contributed by atoms with Crippen molar-refractivity contribution in [1.29, 1.82) is 0 Å². The van der Waals surface area contributed by atoms with Gasteiger partial charge in [-0.25, -0.2) is 14.6 Å². The molecule has 1 fully saturated rings. The molecule has 2 N–H and O–H groups in total. The third-order valence-electron chi connectivity index (χ3n) is 7.52. The van der Waals surface area contributed by atoms with Crippen LogP contribution in [-0.4, -0.2) is 67.7 Å². The normalized spacial score (nSPS) is 16.9. The van der Waals surface area contributed by atoms with Gasteiger partial charge < -0.3 is 25.0 Å². The van der Waals surface area contributed by atoms with E-state index in [4.69, 9.17) is 14.5 Å². The topological polar surface area (TPSA) is 110 Å². The van der Waals surface area contributed by atoms with Gasteiger partial charge >= 0.3 is 12.1 Å². The Bertz CT molecular complexity index is 905. The Morgan fingerprint density at radius 1 is 1.08 bits per heavy atom. The molecule has 0 aromatic carbocycles. The molecule has 0 saturated carbocycles. The highest BCUT2D eigenvalue weighted by molar-refractivity contribution is 5.88. The average Bonchev–Trinajstić information content (AvgIpc) is 2.91. The van der Waals surface area contributed by atoms with Crippen LogP contribution in [0.3, 0.4) is 0 Å². The van der Waals surface area contributed by atoms with Crippen LogP contribution in [0.15, 0.2) is 12.1 Å². The lowest BCUT2D eigenvalue weighted by Crippen LogP contribution is -2.52. The molecule has 1 saturated heterocycles. The molecule has 37 heavy (non-hydrogen) atoms. The predicted octanol–water partition coefficient (Wildman–Crippen LogP) is 4.27. The molecule has 2 amide bonds. The van der Waals surface area contributed by atoms with E-state index < -0.39 is 17.4 Å². The van der Waals surface area contributed by atoms with Crippen LogP contribution in [0, 0.1) is 5.41 Å². The minimum atomic E-state index is -0.648. The molecular formula is C27H43ClN4O5. The van der Waals surface area contributed by atoms with Crippen molar-refractivity contribution in [2.45, 2.75) is 83.6 Å². The molecule has 1 atom stereocenters. The number of hydrogen-bond donors (Lipinski definition) is 2. The predicted molar refractivity (Wildman–Crippen MR) is 145 cm³/mol. The number of ether oxygens (including phenoxy) is 2. The van der Waals surface area contributed by atoms with Crippen molar-refractivity contribution in [3.05, 3.63) is 23.4 Å². The molecule has 3 rings (SSSR count). The number of piperidine rings is 1. The molecule has 9 nitrogen and oxygen atoms in total. The minimum Gasteiger partial charge on any atom is -0.467 e. The second kappa shape index (κ2) is 15.0. The molecule has 2 aliphatic heterocycles. The maximum Gasteiger partial charge on any atom is 0.409 e. The number of halogens is 1. The van der Waals surface area contributed by atoms with Gasteiger partial charge in [0.2, 0.25) is 5.91 Å². The van der Waals surface area contributed by atoms with Crippen LogP contribution in [0.5, 0.6) is 0 Å². The van der Waals surface area contributed by atoms with Gasteiger partial charge in [-0.05, 0) is 56.6 Å². The fourth-order valence-electron chi connectivity index (χ4n) is 4.96. The first kappa shape index (κ1) is 30.7. The SMILES string of the molecule is COC(=O)[C@H](CCCCCCCc1ccc2c(n1)NCCC2)NC(=O)C1(C)CCN(C(=O)OC)CC1.Cl. The molecule has 0 aliphatic carbocycles. The van der Waals surface area contributed by atoms with Crippen LogP contribution in [0.2, 0.25) is 0 Å². The smallest absolute Gasteiger partial charge is 0.409 e. The first-order valence-electron chi connectivity index (χ1n) is 13.3. The summed E-state index contributed by atoms with van der Waals surface area (Å²) in [5.41, 5.74) is 1.83. The molecular weight excluding hydrogens is 496 g/mol. The molecule has 0 bridgehead atoms. The van der Waals surface area contributed by atoms with Crippen molar-refractivity contribution in [2.24, 2.45) is 5.41 Å². The number of carbonyl (C=O) groups excluding carboxylic acids is 3. The van der Waals surface area contributed by atoms with E-state index in [2.05, 4.69) is 22.8 Å². The number of likely N-dealkylation sites (tertiary alicyclic amines) is 1. The van der Waals surface area contributed by atoms with Gasteiger partial charge in [-0.1, -0.05) is 38.7 Å². The lowest BCUT2D eigenvalue weighted by Gasteiger charge is -2.38. The number of unbranched alkanes of at least 4 members (excludes halogenated alkanes) is 4. The van der Waals surface area contributed by atoms with Crippen LogP contribution in [0.25, 0.3) is 0 Å². The number of aromatic nitrogens is 1. The van der Waals surface area contributed by atoms with E-state index in [9.17, 15) is 14.4 Å². The molecule has 10 heteroatoms. The largest absolute Gasteiger partial charge is 0.467 e. The summed E-state index contributed by atoms with van der Waals surface area (Å²) >= 11 is 0. The summed E-state index contributed by atoms with van der Waals surface area (Å²) in [6.07, 6.45) is 9.59. The maximum atomic E-state index is 13.0. The average molecular weight is 539 g/mol. The van der Waals surface area contributed by atoms with Gasteiger partial charge in [0.25, 0.3) is 0 Å². The van der Waals surface area contributed by atoms with Gasteiger partial charge in [-0.15, -0.1) is 12.4 Å². The zero-order valence-electron chi connectivity index (χ0n) is 22.5. The Kier molecular flexibility index (Phi) is 12.4. The number of amides is 2. The molecule has 0 unspecified atom stereocenters. The summed E-state index contributed by atoms with van der Waals surface area (Å²) in [5, 5.41) is 6.31. The Labute approximate surface area is 226 Å². The molecule has 1 aromatic rings. The van der Waals surface area contributed by atoms with E-state index in [0.29, 0.717) is 32.4 Å². The first-order chi connectivity index (χ1) is 17.4. The number of aryl methyl sites for hydroxylation is 2. The molecule has 3 heterocycles. The zero-order chi connectivity index (χ0) is 26.0. The van der Waals surface area contributed by atoms with E-state index in [1.807, 2.05) is 6.92 Å². The number of methoxy groups -OCH3 is 2. The van der Waals surface area contributed by atoms with E-state index in [1.165, 1.54) is 26.2 Å². The van der Waals surface area contributed by atoms with Crippen LogP contribution in [0.4, 0.5) is 10.6 Å². The third kappa shape index (κ3) is 8.76. The number of pyridine rings is 1. The molecule has 2 aliphatic rings. The van der Waals surface area contributed by atoms with Gasteiger partial charge in [-0.2, -0.15) is 0 Å². The van der Waals surface area contributed by atoms with Crippen molar-refractivity contribution in [3.63, 3.8) is 0 Å². The van der Waals surface area contributed by atoms with Crippen molar-refractivity contribution >= 4 is 36.2 Å². The van der Waals surface area contributed by atoms with Crippen molar-refractivity contribution in [2.75, 3.05) is 39.2 Å². The highest BCUT2D eigenvalue weighted by Crippen LogP contribution is 2.31. The number of rotatable bonds is 11. The summed E-state index contributed by atoms with van der Waals surface area (Å²) < 4.78 is 9.72. The Morgan fingerprint density at radius 2 is 1.78 bits per heavy atom. The highest BCUT2D eigenvalue weighted by Gasteiger charge is 2.39. The van der Waals surface area contributed by atoms with E-state index >= 15 is 0 Å². The van der Waals surface area contributed by atoms with Gasteiger partial charge in [-0.3, -0.25) is 4.79 Å². The molecule has 1 aromatic heterocycles. The first-order valence-corrected chi connectivity index (χ1v) is 13.3. The maximum absolute atomic E-state index is 13.0. The van der Waals surface area contributed by atoms with Gasteiger partial charge in [0.05, 0.1) is 14.2 Å². The number of anilines is 1. The van der Waals surface area contributed by atoms with E-state index in [1.54, 1.807) is 4.90 Å². The second-order valence-electron chi connectivity index (χ2n) is 10.2. The van der Waals surface area contributed by atoms with E-state index in [-0.39, 0.29) is 24.4 Å². The van der Waals surface area contributed by atoms with Crippen molar-refractivity contribution in [1.82, 2.24) is 15.2 Å². The Morgan fingerprint density at radius 3 is 2.49 bits per heavy atom. The van der Waals surface area contributed by atoms with Crippen LogP contribution in [0.1, 0.15) is 76.0 Å². The van der Waals surface area contributed by atoms with Crippen LogP contribution >= 0.6 is 12.4 Å². The monoisotopic (exact) mass is 538 g/mol. The number of nitrogens with zero attached hydrogens (tertiary/aromatic N) is 2. The Balaban J connectivity index is 0.00000481. The lowest BCUT2D eigenvalue weighted by atomic mass is 9.79. The van der Waals surface area contributed by atoms with Gasteiger partial charge in [0.1, 0.15) is 11.9 Å². The molecule has 0 radical (unpaired) electrons. The summed E-state index contributed by atoms with van der Waals surface area (Å²) in [6, 6.07) is 3.70. The number of nitrogens with one attached hydrogen (secondary N) is 2. The summed E-state index contributed by atoms with van der Waals surface area (Å²) in [6.45, 7) is 3.80. The fourth-order valence-corrected chi connectivity index (χ4v) is 4.96. The van der Waals surface area contributed by atoms with Gasteiger partial charge in [0, 0.05) is 30.7 Å². The quantitative estimate of drug-likeness (QED) is 0.320.